The van der Waals surface area contributed by atoms with E-state index < -0.39 is 16.7 Å². The predicted octanol–water partition coefficient (Wildman–Crippen LogP) is 7.63. The van der Waals surface area contributed by atoms with Crippen LogP contribution in [0.15, 0.2) is 88.9 Å². The zero-order valence-corrected chi connectivity index (χ0v) is 24.5. The standard InChI is InChI=1S/C30H36N2O6S2/c1-4-5-9-24-21-31(23-10-7-6-8-11-23)26-18-28(39-3)27(38-17-16-30(33)34)19-29(26)40(35,36)32(24)20-22-12-14-25(37-2)15-13-22/h6-8,10-19,24,35-36H,4-5,9,20-21H2,1-3H3,(H,33,34)/b17-16+. The van der Waals surface area contributed by atoms with Crippen LogP contribution in [0.4, 0.5) is 11.4 Å². The summed E-state index contributed by atoms with van der Waals surface area (Å²) >= 11 is 1.44. The fourth-order valence-electron chi connectivity index (χ4n) is 4.77. The molecule has 10 heteroatoms. The zero-order valence-electron chi connectivity index (χ0n) is 22.9. The predicted molar refractivity (Wildman–Crippen MR) is 162 cm³/mol. The Hall–Kier alpha value is -3.15. The number of carboxylic acids is 1. The van der Waals surface area contributed by atoms with Gasteiger partial charge in [0.05, 0.1) is 30.0 Å². The number of rotatable bonds is 11. The number of ether oxygens (including phenoxy) is 2. The molecule has 1 heterocycles. The minimum atomic E-state index is -3.51. The van der Waals surface area contributed by atoms with Gasteiger partial charge >= 0.3 is 5.97 Å². The van der Waals surface area contributed by atoms with Gasteiger partial charge in [0, 0.05) is 30.9 Å². The molecule has 3 aromatic carbocycles. The molecule has 8 nitrogen and oxygen atoms in total. The Bertz CT molecular complexity index is 1320. The first kappa shape index (κ1) is 29.8. The van der Waals surface area contributed by atoms with Crippen LogP contribution in [0.2, 0.25) is 0 Å². The van der Waals surface area contributed by atoms with Crippen molar-refractivity contribution in [2.24, 2.45) is 0 Å². The molecule has 0 saturated heterocycles. The van der Waals surface area contributed by atoms with Crippen LogP contribution < -0.4 is 14.4 Å². The number of benzene rings is 3. The molecule has 1 aliphatic heterocycles. The maximum atomic E-state index is 12.1. The van der Waals surface area contributed by atoms with Crippen LogP contribution in [0.3, 0.4) is 0 Å². The van der Waals surface area contributed by atoms with Gasteiger partial charge in [0.2, 0.25) is 0 Å². The van der Waals surface area contributed by atoms with Crippen molar-refractivity contribution in [2.45, 2.75) is 48.6 Å². The molecule has 0 bridgehead atoms. The average Bonchev–Trinajstić information content (AvgIpc) is 3.04. The number of aliphatic carboxylic acids is 1. The van der Waals surface area contributed by atoms with Gasteiger partial charge in [-0.3, -0.25) is 9.11 Å². The van der Waals surface area contributed by atoms with E-state index >= 15 is 0 Å². The second kappa shape index (κ2) is 13.5. The van der Waals surface area contributed by atoms with Crippen LogP contribution in [-0.2, 0) is 11.3 Å². The van der Waals surface area contributed by atoms with E-state index in [0.717, 1.165) is 53.5 Å². The molecule has 1 atom stereocenters. The molecule has 40 heavy (non-hydrogen) atoms. The van der Waals surface area contributed by atoms with Crippen molar-refractivity contribution in [3.63, 3.8) is 0 Å². The summed E-state index contributed by atoms with van der Waals surface area (Å²) in [5.41, 5.74) is 2.56. The first-order valence-electron chi connectivity index (χ1n) is 13.1. The van der Waals surface area contributed by atoms with Crippen molar-refractivity contribution in [1.29, 1.82) is 0 Å². The highest BCUT2D eigenvalue weighted by molar-refractivity contribution is 8.22. The SMILES string of the molecule is CCCCC1CN(c2ccccc2)c2cc(SC)c(O/C=C/C(=O)O)cc2S(O)(O)N1Cc1ccc(OC)cc1. The van der Waals surface area contributed by atoms with E-state index in [2.05, 4.69) is 11.8 Å². The number of nitrogens with zero attached hydrogens (tertiary/aromatic N) is 2. The van der Waals surface area contributed by atoms with Gasteiger partial charge < -0.3 is 19.5 Å². The van der Waals surface area contributed by atoms with Crippen LogP contribution in [0.25, 0.3) is 0 Å². The number of carboxylic acid groups (broad SMARTS) is 1. The number of thioether (sulfide) groups is 1. The van der Waals surface area contributed by atoms with Gasteiger partial charge in [-0.1, -0.05) is 50.1 Å². The smallest absolute Gasteiger partial charge is 0.331 e. The lowest BCUT2D eigenvalue weighted by molar-refractivity contribution is -0.131. The fraction of sp³-hybridized carbons (Fsp3) is 0.300. The molecule has 0 fully saturated rings. The summed E-state index contributed by atoms with van der Waals surface area (Å²) in [5.74, 6) is -0.0484. The van der Waals surface area contributed by atoms with Crippen molar-refractivity contribution in [1.82, 2.24) is 4.31 Å². The second-order valence-corrected chi connectivity index (χ2v) is 12.2. The normalized spacial score (nSPS) is 17.7. The van der Waals surface area contributed by atoms with Gasteiger partial charge in [0.25, 0.3) is 0 Å². The van der Waals surface area contributed by atoms with Crippen molar-refractivity contribution in [3.05, 3.63) is 84.6 Å². The van der Waals surface area contributed by atoms with Crippen molar-refractivity contribution < 1.29 is 28.5 Å². The van der Waals surface area contributed by atoms with Crippen molar-refractivity contribution in [3.8, 4) is 11.5 Å². The molecule has 0 aliphatic carbocycles. The number of anilines is 2. The van der Waals surface area contributed by atoms with Gasteiger partial charge in [-0.05, 0) is 48.6 Å². The van der Waals surface area contributed by atoms with E-state index in [9.17, 15) is 13.9 Å². The maximum Gasteiger partial charge on any atom is 0.331 e. The summed E-state index contributed by atoms with van der Waals surface area (Å²) in [6.45, 7) is 3.00. The van der Waals surface area contributed by atoms with Gasteiger partial charge in [-0.15, -0.1) is 22.5 Å². The van der Waals surface area contributed by atoms with E-state index in [4.69, 9.17) is 14.6 Å². The number of hydrogen-bond acceptors (Lipinski definition) is 8. The molecule has 214 valence electrons. The molecule has 3 N–H and O–H groups in total. The molecule has 0 radical (unpaired) electrons. The second-order valence-electron chi connectivity index (χ2n) is 9.41. The first-order valence-corrected chi connectivity index (χ1v) is 15.8. The van der Waals surface area contributed by atoms with Crippen LogP contribution in [0.1, 0.15) is 31.7 Å². The third kappa shape index (κ3) is 6.76. The van der Waals surface area contributed by atoms with Gasteiger partial charge in [0.1, 0.15) is 16.4 Å². The third-order valence-electron chi connectivity index (χ3n) is 6.82. The van der Waals surface area contributed by atoms with Crippen LogP contribution in [-0.4, -0.2) is 50.4 Å². The van der Waals surface area contributed by atoms with Gasteiger partial charge in [0.15, 0.2) is 0 Å². The van der Waals surface area contributed by atoms with Gasteiger partial charge in [-0.25, -0.2) is 4.79 Å². The molecule has 0 aromatic heterocycles. The topological polar surface area (TPSA) is 103 Å². The largest absolute Gasteiger partial charge is 0.497 e. The lowest BCUT2D eigenvalue weighted by Gasteiger charge is -2.45. The number of carbonyl (C=O) groups is 1. The Labute approximate surface area is 241 Å². The third-order valence-corrected chi connectivity index (χ3v) is 9.58. The molecular formula is C30H36N2O6S2. The van der Waals surface area contributed by atoms with Crippen LogP contribution in [0, 0.1) is 0 Å². The van der Waals surface area contributed by atoms with Crippen LogP contribution >= 0.6 is 22.5 Å². The maximum absolute atomic E-state index is 12.1. The molecule has 0 spiro atoms. The Morgan fingerprint density at radius 3 is 2.48 bits per heavy atom. The Morgan fingerprint density at radius 2 is 1.85 bits per heavy atom. The minimum absolute atomic E-state index is 0.173. The Balaban J connectivity index is 1.89. The number of para-hydroxylation sites is 1. The molecule has 0 amide bonds. The Morgan fingerprint density at radius 1 is 1.12 bits per heavy atom. The highest BCUT2D eigenvalue weighted by atomic mass is 32.3. The quantitative estimate of drug-likeness (QED) is 0.119. The number of methoxy groups -OCH3 is 1. The molecule has 0 saturated carbocycles. The minimum Gasteiger partial charge on any atom is -0.497 e. The summed E-state index contributed by atoms with van der Waals surface area (Å²) < 4.78 is 37.1. The van der Waals surface area contributed by atoms with Gasteiger partial charge in [-0.2, -0.15) is 4.31 Å². The Kier molecular flexibility index (Phi) is 10.0. The molecular weight excluding hydrogens is 548 g/mol. The summed E-state index contributed by atoms with van der Waals surface area (Å²) in [6.07, 6.45) is 6.59. The monoisotopic (exact) mass is 584 g/mol. The fourth-order valence-corrected chi connectivity index (χ4v) is 7.19. The highest BCUT2D eigenvalue weighted by Crippen LogP contribution is 2.61. The van der Waals surface area contributed by atoms with E-state index in [1.54, 1.807) is 13.2 Å². The van der Waals surface area contributed by atoms with Crippen LogP contribution in [0.5, 0.6) is 11.5 Å². The summed E-state index contributed by atoms with van der Waals surface area (Å²) in [6, 6.07) is 20.9. The molecule has 4 rings (SSSR count). The first-order chi connectivity index (χ1) is 19.3. The highest BCUT2D eigenvalue weighted by Gasteiger charge is 2.40. The van der Waals surface area contributed by atoms with Crippen molar-refractivity contribution >= 4 is 39.9 Å². The summed E-state index contributed by atoms with van der Waals surface area (Å²) in [7, 11) is -1.90. The number of fused-ring (bicyclic) bond motifs is 1. The zero-order chi connectivity index (χ0) is 28.7. The van der Waals surface area contributed by atoms with E-state index in [1.165, 1.54) is 11.8 Å². The molecule has 3 aromatic rings. The average molecular weight is 585 g/mol. The summed E-state index contributed by atoms with van der Waals surface area (Å²) in [4.78, 5) is 14.3. The molecule has 1 aliphatic rings. The summed E-state index contributed by atoms with van der Waals surface area (Å²) in [5, 5.41) is 9.03. The lowest BCUT2D eigenvalue weighted by atomic mass is 10.1. The van der Waals surface area contributed by atoms with Crippen molar-refractivity contribution in [2.75, 3.05) is 24.8 Å². The molecule has 1 unspecified atom stereocenters. The van der Waals surface area contributed by atoms with E-state index in [-0.39, 0.29) is 6.04 Å². The number of hydrogen-bond donors (Lipinski definition) is 3. The van der Waals surface area contributed by atoms with E-state index in [1.807, 2.05) is 71.2 Å². The lowest BCUT2D eigenvalue weighted by Crippen LogP contribution is -2.41. The van der Waals surface area contributed by atoms with E-state index in [0.29, 0.717) is 29.4 Å². The number of unbranched alkanes of at least 4 members (excludes halogenated alkanes) is 1.